The normalized spacial score (nSPS) is 31.2. The van der Waals surface area contributed by atoms with Crippen molar-refractivity contribution >= 4 is 12.1 Å². The predicted octanol–water partition coefficient (Wildman–Crippen LogP) is -0.740. The molecule has 2 aromatic rings. The van der Waals surface area contributed by atoms with Gasteiger partial charge in [-0.3, -0.25) is 0 Å². The van der Waals surface area contributed by atoms with E-state index < -0.39 is 11.3 Å². The number of urea groups is 2. The molecule has 4 aliphatic rings. The maximum atomic E-state index is 12.8. The van der Waals surface area contributed by atoms with Crippen molar-refractivity contribution in [2.24, 2.45) is 0 Å². The quantitative estimate of drug-likeness (QED) is 0.627. The van der Waals surface area contributed by atoms with Gasteiger partial charge in [-0.05, 0) is 12.1 Å². The van der Waals surface area contributed by atoms with Crippen molar-refractivity contribution in [1.82, 2.24) is 20.4 Å². The molecule has 2 spiro atoms. The van der Waals surface area contributed by atoms with E-state index in [0.717, 1.165) is 11.4 Å². The molecule has 0 bridgehead atoms. The number of pyridine rings is 2. The first-order chi connectivity index (χ1) is 11.7. The summed E-state index contributed by atoms with van der Waals surface area (Å²) in [6.07, 6.45) is 3.87. The molecule has 0 radical (unpaired) electrons. The van der Waals surface area contributed by atoms with Gasteiger partial charge in [0.15, 0.2) is 12.4 Å². The highest BCUT2D eigenvalue weighted by Gasteiger charge is 2.84. The van der Waals surface area contributed by atoms with Gasteiger partial charge in [0.2, 0.25) is 24.7 Å². The van der Waals surface area contributed by atoms with Gasteiger partial charge in [-0.1, -0.05) is 0 Å². The fourth-order valence-corrected chi connectivity index (χ4v) is 4.73. The zero-order valence-corrected chi connectivity index (χ0v) is 12.6. The lowest BCUT2D eigenvalue weighted by Gasteiger charge is -2.31. The fourth-order valence-electron chi connectivity index (χ4n) is 4.73. The molecule has 4 aliphatic heterocycles. The van der Waals surface area contributed by atoms with Crippen LogP contribution in [0.15, 0.2) is 48.8 Å². The minimum Gasteiger partial charge on any atom is -0.301 e. The number of hydrogen-bond acceptors (Lipinski definition) is 2. The summed E-state index contributed by atoms with van der Waals surface area (Å²) in [5, 5.41) is 6.21. The van der Waals surface area contributed by atoms with Crippen molar-refractivity contribution < 1.29 is 18.7 Å². The molecule has 6 rings (SSSR count). The van der Waals surface area contributed by atoms with Crippen molar-refractivity contribution in [3.05, 3.63) is 60.2 Å². The first-order valence-electron chi connectivity index (χ1n) is 7.86. The summed E-state index contributed by atoms with van der Waals surface area (Å²) in [5.74, 6) is 0. The van der Waals surface area contributed by atoms with Crippen LogP contribution in [0, 0.1) is 0 Å². The summed E-state index contributed by atoms with van der Waals surface area (Å²) in [7, 11) is 0. The van der Waals surface area contributed by atoms with Crippen molar-refractivity contribution in [3.63, 3.8) is 0 Å². The molecule has 24 heavy (non-hydrogen) atoms. The van der Waals surface area contributed by atoms with E-state index in [2.05, 4.69) is 10.6 Å². The van der Waals surface area contributed by atoms with Crippen LogP contribution in [-0.4, -0.2) is 21.9 Å². The molecule has 0 saturated carbocycles. The Kier molecular flexibility index (Phi) is 1.79. The zero-order valence-electron chi connectivity index (χ0n) is 12.6. The third-order valence-electron chi connectivity index (χ3n) is 5.61. The monoisotopic (exact) mass is 322 g/mol. The van der Waals surface area contributed by atoms with Gasteiger partial charge >= 0.3 is 12.1 Å². The second kappa shape index (κ2) is 3.50. The number of aromatic nitrogens is 2. The maximum absolute atomic E-state index is 12.8. The second-order valence-corrected chi connectivity index (χ2v) is 6.53. The molecule has 118 valence electrons. The van der Waals surface area contributed by atoms with E-state index in [1.807, 2.05) is 57.9 Å². The molecule has 2 N–H and O–H groups in total. The number of nitrogens with one attached hydrogen (secondary N) is 2. The van der Waals surface area contributed by atoms with Gasteiger partial charge in [-0.25, -0.2) is 19.4 Å². The Bertz CT molecular complexity index is 884. The van der Waals surface area contributed by atoms with Crippen LogP contribution >= 0.6 is 0 Å². The molecule has 8 nitrogen and oxygen atoms in total. The number of nitrogens with zero attached hydrogens (tertiary/aromatic N) is 4. The SMILES string of the molecule is O=C1N[C@]23c4cccc[n+]4CN2C(=O)N[C@@]32c3cccc[n+]3CN12. The van der Waals surface area contributed by atoms with E-state index in [-0.39, 0.29) is 12.1 Å². The average Bonchev–Trinajstić information content (AvgIpc) is 3.23. The van der Waals surface area contributed by atoms with Crippen LogP contribution in [-0.2, 0) is 24.7 Å². The van der Waals surface area contributed by atoms with Gasteiger partial charge in [0.1, 0.15) is 0 Å². The highest BCUT2D eigenvalue weighted by Crippen LogP contribution is 2.54. The third-order valence-corrected chi connectivity index (χ3v) is 5.61. The van der Waals surface area contributed by atoms with Crippen molar-refractivity contribution in [3.8, 4) is 0 Å². The largest absolute Gasteiger partial charge is 0.327 e. The minimum absolute atomic E-state index is 0.180. The van der Waals surface area contributed by atoms with Gasteiger partial charge in [0.25, 0.3) is 11.3 Å². The lowest BCUT2D eigenvalue weighted by atomic mass is 9.88. The molecular formula is C16H14N6O2+2. The number of hydrogen-bond donors (Lipinski definition) is 2. The molecule has 0 aliphatic carbocycles. The van der Waals surface area contributed by atoms with Gasteiger partial charge in [-0.2, -0.15) is 9.13 Å². The first kappa shape index (κ1) is 12.3. The average molecular weight is 322 g/mol. The molecule has 8 heteroatoms. The number of carbonyl (C=O) groups excluding carboxylic acids is 2. The van der Waals surface area contributed by atoms with Crippen LogP contribution in [0.1, 0.15) is 11.4 Å². The number of fused-ring (bicyclic) bond motifs is 2. The van der Waals surface area contributed by atoms with E-state index in [9.17, 15) is 9.59 Å². The Hall–Kier alpha value is -3.16. The lowest BCUT2D eigenvalue weighted by molar-refractivity contribution is -0.702. The van der Waals surface area contributed by atoms with Crippen LogP contribution < -0.4 is 19.8 Å². The van der Waals surface area contributed by atoms with E-state index in [1.54, 1.807) is 9.80 Å². The first-order valence-corrected chi connectivity index (χ1v) is 7.86. The molecule has 0 unspecified atom stereocenters. The van der Waals surface area contributed by atoms with Crippen LogP contribution in [0.3, 0.4) is 0 Å². The second-order valence-electron chi connectivity index (χ2n) is 6.53. The third kappa shape index (κ3) is 0.990. The Morgan fingerprint density at radius 1 is 0.792 bits per heavy atom. The van der Waals surface area contributed by atoms with E-state index in [1.165, 1.54) is 0 Å². The summed E-state index contributed by atoms with van der Waals surface area (Å²) in [5.41, 5.74) is -0.0858. The summed E-state index contributed by atoms with van der Waals surface area (Å²) < 4.78 is 4.02. The van der Waals surface area contributed by atoms with Crippen LogP contribution in [0.4, 0.5) is 9.59 Å². The molecule has 0 aromatic carbocycles. The van der Waals surface area contributed by atoms with E-state index in [0.29, 0.717) is 13.3 Å². The van der Waals surface area contributed by atoms with Crippen molar-refractivity contribution in [2.45, 2.75) is 24.7 Å². The minimum atomic E-state index is -0.942. The topological polar surface area (TPSA) is 72.4 Å². The molecule has 6 heterocycles. The van der Waals surface area contributed by atoms with Crippen molar-refractivity contribution in [1.29, 1.82) is 0 Å². The van der Waals surface area contributed by atoms with Gasteiger partial charge in [0.05, 0.1) is 0 Å². The predicted molar refractivity (Wildman–Crippen MR) is 77.4 cm³/mol. The highest BCUT2D eigenvalue weighted by atomic mass is 16.2. The van der Waals surface area contributed by atoms with E-state index >= 15 is 0 Å². The van der Waals surface area contributed by atoms with E-state index in [4.69, 9.17) is 0 Å². The van der Waals surface area contributed by atoms with Crippen LogP contribution in [0.2, 0.25) is 0 Å². The standard InChI is InChI=1S/C16H12N6O2/c23-13-17-15-11-5-1-3-7-19(11)9-21(15)14(24)18-16(15)12-6-2-4-8-20(12)10-22(13)16/h1-8H,9-10H2/p+2/t15-,16-/m1/s1. The molecule has 2 aromatic heterocycles. The summed E-state index contributed by atoms with van der Waals surface area (Å²) >= 11 is 0. The lowest BCUT2D eigenvalue weighted by Crippen LogP contribution is -2.60. The van der Waals surface area contributed by atoms with Gasteiger partial charge < -0.3 is 10.6 Å². The Morgan fingerprint density at radius 3 is 1.71 bits per heavy atom. The molecule has 2 saturated heterocycles. The van der Waals surface area contributed by atoms with Gasteiger partial charge in [-0.15, -0.1) is 0 Å². The molecule has 2 atom stereocenters. The van der Waals surface area contributed by atoms with Crippen LogP contribution in [0.25, 0.3) is 0 Å². The Morgan fingerprint density at radius 2 is 1.25 bits per heavy atom. The van der Waals surface area contributed by atoms with Crippen molar-refractivity contribution in [2.75, 3.05) is 0 Å². The fraction of sp³-hybridized carbons (Fsp3) is 0.250. The summed E-state index contributed by atoms with van der Waals surface area (Å²) in [6.45, 7) is 0.815. The highest BCUT2D eigenvalue weighted by molar-refractivity contribution is 5.89. The smallest absolute Gasteiger partial charge is 0.301 e. The number of rotatable bonds is 0. The van der Waals surface area contributed by atoms with Gasteiger partial charge in [0, 0.05) is 24.3 Å². The number of amides is 4. The molecule has 2 fully saturated rings. The summed E-state index contributed by atoms with van der Waals surface area (Å²) in [6, 6.07) is 11.3. The number of carbonyl (C=O) groups is 2. The maximum Gasteiger partial charge on any atom is 0.327 e. The Labute approximate surface area is 136 Å². The zero-order chi connectivity index (χ0) is 16.1. The summed E-state index contributed by atoms with van der Waals surface area (Å²) in [4.78, 5) is 29.0. The molecular weight excluding hydrogens is 308 g/mol. The molecule has 4 amide bonds. The Balaban J connectivity index is 1.74. The van der Waals surface area contributed by atoms with Crippen LogP contribution in [0.5, 0.6) is 0 Å².